The monoisotopic (exact) mass is 583 g/mol. The van der Waals surface area contributed by atoms with Gasteiger partial charge in [0.15, 0.2) is 20.6 Å². The average Bonchev–Trinajstić information content (AvgIpc) is 3.26. The van der Waals surface area contributed by atoms with Gasteiger partial charge in [-0.3, -0.25) is 19.0 Å². The molecular weight excluding hydrogens is 554 g/mol. The number of ketones is 1. The number of ether oxygens (including phenoxy) is 1. The topological polar surface area (TPSA) is 117 Å². The number of fused-ring (bicyclic) bond motifs is 1. The molecule has 0 fully saturated rings. The molecule has 9 nitrogen and oxygen atoms in total. The molecule has 4 aromatic rings. The molecule has 11 heteroatoms. The standard InChI is InChI=1S/C29H30ClN3O6S/c1-6-23(34)27-26(18-10-8-7-9-11-18)22-14-19(30)12-13-21(22)28(36)32(27)16-20-15-24(40(5,37)38)33(31-20)17-25(35)39-29(2,3)4/h7-15H,6,16-17H2,1-5H3. The van der Waals surface area contributed by atoms with Crippen LogP contribution in [0.3, 0.4) is 0 Å². The van der Waals surface area contributed by atoms with Crippen LogP contribution in [-0.4, -0.2) is 46.4 Å². The number of halogens is 1. The maximum absolute atomic E-state index is 13.8. The van der Waals surface area contributed by atoms with E-state index in [-0.39, 0.29) is 35.2 Å². The van der Waals surface area contributed by atoms with Crippen LogP contribution in [0.5, 0.6) is 0 Å². The molecule has 0 aliphatic rings. The number of carbonyl (C=O) groups excluding carboxylic acids is 2. The Labute approximate surface area is 237 Å². The zero-order chi connectivity index (χ0) is 29.4. The lowest BCUT2D eigenvalue weighted by atomic mass is 9.94. The fourth-order valence-electron chi connectivity index (χ4n) is 4.52. The fraction of sp³-hybridized carbons (Fsp3) is 0.310. The van der Waals surface area contributed by atoms with Gasteiger partial charge in [0.1, 0.15) is 12.1 Å². The van der Waals surface area contributed by atoms with Gasteiger partial charge in [-0.05, 0) is 49.9 Å². The molecule has 4 rings (SSSR count). The number of hydrogen-bond acceptors (Lipinski definition) is 7. The van der Waals surface area contributed by atoms with E-state index in [0.29, 0.717) is 26.9 Å². The zero-order valence-corrected chi connectivity index (χ0v) is 24.5. The van der Waals surface area contributed by atoms with Crippen molar-refractivity contribution in [2.45, 2.75) is 57.8 Å². The summed E-state index contributed by atoms with van der Waals surface area (Å²) in [6.07, 6.45) is 1.12. The first-order valence-electron chi connectivity index (χ1n) is 12.6. The second-order valence-corrected chi connectivity index (χ2v) is 12.8. The predicted octanol–water partition coefficient (Wildman–Crippen LogP) is 4.90. The van der Waals surface area contributed by atoms with Crippen LogP contribution in [-0.2, 0) is 32.5 Å². The molecule has 0 amide bonds. The molecule has 0 spiro atoms. The lowest BCUT2D eigenvalue weighted by molar-refractivity contribution is -0.155. The minimum Gasteiger partial charge on any atom is -0.459 e. The van der Waals surface area contributed by atoms with Gasteiger partial charge in [0.05, 0.1) is 17.9 Å². The number of pyridine rings is 1. The van der Waals surface area contributed by atoms with E-state index in [1.807, 2.05) is 30.3 Å². The lowest BCUT2D eigenvalue weighted by Crippen LogP contribution is -2.28. The summed E-state index contributed by atoms with van der Waals surface area (Å²) in [5.41, 5.74) is 0.377. The van der Waals surface area contributed by atoms with Crippen LogP contribution in [0.25, 0.3) is 21.9 Å². The van der Waals surface area contributed by atoms with Crippen molar-refractivity contribution in [1.82, 2.24) is 14.3 Å². The highest BCUT2D eigenvalue weighted by Crippen LogP contribution is 2.33. The maximum Gasteiger partial charge on any atom is 0.328 e. The molecule has 0 radical (unpaired) electrons. The highest BCUT2D eigenvalue weighted by atomic mass is 35.5. The van der Waals surface area contributed by atoms with Gasteiger partial charge >= 0.3 is 5.97 Å². The number of hydrogen-bond donors (Lipinski definition) is 0. The third kappa shape index (κ3) is 6.18. The fourth-order valence-corrected chi connectivity index (χ4v) is 5.53. The average molecular weight is 584 g/mol. The van der Waals surface area contributed by atoms with Gasteiger partial charge in [0.2, 0.25) is 0 Å². The van der Waals surface area contributed by atoms with Crippen molar-refractivity contribution < 1.29 is 22.7 Å². The van der Waals surface area contributed by atoms with Crippen molar-refractivity contribution in [2.24, 2.45) is 0 Å². The molecule has 2 aromatic carbocycles. The van der Waals surface area contributed by atoms with Crippen LogP contribution in [0.2, 0.25) is 5.02 Å². The smallest absolute Gasteiger partial charge is 0.328 e. The molecule has 0 N–H and O–H groups in total. The van der Waals surface area contributed by atoms with Gasteiger partial charge < -0.3 is 4.74 Å². The predicted molar refractivity (Wildman–Crippen MR) is 154 cm³/mol. The first kappa shape index (κ1) is 29.2. The van der Waals surface area contributed by atoms with Gasteiger partial charge in [-0.1, -0.05) is 48.9 Å². The van der Waals surface area contributed by atoms with Crippen LogP contribution in [0.4, 0.5) is 0 Å². The molecule has 0 aliphatic carbocycles. The lowest BCUT2D eigenvalue weighted by Gasteiger charge is -2.19. The van der Waals surface area contributed by atoms with Crippen molar-refractivity contribution in [1.29, 1.82) is 0 Å². The minimum absolute atomic E-state index is 0.118. The van der Waals surface area contributed by atoms with Crippen LogP contribution >= 0.6 is 11.6 Å². The number of benzene rings is 2. The van der Waals surface area contributed by atoms with Crippen molar-refractivity contribution in [3.63, 3.8) is 0 Å². The van der Waals surface area contributed by atoms with Crippen molar-refractivity contribution in [3.8, 4) is 11.1 Å². The third-order valence-electron chi connectivity index (χ3n) is 6.07. The number of esters is 1. The van der Waals surface area contributed by atoms with Gasteiger partial charge in [0.25, 0.3) is 5.56 Å². The van der Waals surface area contributed by atoms with Crippen molar-refractivity contribution in [3.05, 3.63) is 81.4 Å². The van der Waals surface area contributed by atoms with Gasteiger partial charge in [-0.25, -0.2) is 13.1 Å². The molecule has 40 heavy (non-hydrogen) atoms. The Morgan fingerprint density at radius 1 is 1.02 bits per heavy atom. The van der Waals surface area contributed by atoms with E-state index in [2.05, 4.69) is 5.10 Å². The Hall–Kier alpha value is -3.76. The number of aromatic nitrogens is 3. The Morgan fingerprint density at radius 2 is 1.70 bits per heavy atom. The van der Waals surface area contributed by atoms with Crippen LogP contribution in [0.1, 0.15) is 50.3 Å². The molecule has 0 bridgehead atoms. The molecule has 210 valence electrons. The summed E-state index contributed by atoms with van der Waals surface area (Å²) in [6.45, 7) is 6.15. The highest BCUT2D eigenvalue weighted by molar-refractivity contribution is 7.90. The molecule has 0 saturated carbocycles. The first-order chi connectivity index (χ1) is 18.7. The third-order valence-corrected chi connectivity index (χ3v) is 7.40. The van der Waals surface area contributed by atoms with Crippen LogP contribution in [0.15, 0.2) is 64.4 Å². The molecule has 0 saturated heterocycles. The maximum atomic E-state index is 13.8. The Morgan fingerprint density at radius 3 is 2.30 bits per heavy atom. The first-order valence-corrected chi connectivity index (χ1v) is 14.9. The van der Waals surface area contributed by atoms with E-state index in [1.54, 1.807) is 45.9 Å². The molecule has 0 aliphatic heterocycles. The SMILES string of the molecule is CCC(=O)c1c(-c2ccccc2)c2cc(Cl)ccc2c(=O)n1Cc1cc(S(C)(=O)=O)n(CC(=O)OC(C)(C)C)n1. The summed E-state index contributed by atoms with van der Waals surface area (Å²) >= 11 is 6.31. The second-order valence-electron chi connectivity index (χ2n) is 10.4. The molecule has 0 atom stereocenters. The van der Waals surface area contributed by atoms with Crippen molar-refractivity contribution >= 4 is 44.0 Å². The quantitative estimate of drug-likeness (QED) is 0.214. The minimum atomic E-state index is -3.80. The number of nitrogens with zero attached hydrogens (tertiary/aromatic N) is 3. The number of sulfone groups is 1. The molecule has 2 heterocycles. The largest absolute Gasteiger partial charge is 0.459 e. The molecule has 0 unspecified atom stereocenters. The normalized spacial score (nSPS) is 12.1. The highest BCUT2D eigenvalue weighted by Gasteiger charge is 2.26. The summed E-state index contributed by atoms with van der Waals surface area (Å²) in [5, 5.41) is 5.43. The summed E-state index contributed by atoms with van der Waals surface area (Å²) in [6, 6.07) is 15.4. The number of rotatable bonds is 8. The van der Waals surface area contributed by atoms with Gasteiger partial charge in [-0.2, -0.15) is 5.10 Å². The van der Waals surface area contributed by atoms with Crippen LogP contribution < -0.4 is 5.56 Å². The van der Waals surface area contributed by atoms with E-state index in [1.165, 1.54) is 10.6 Å². The van der Waals surface area contributed by atoms with Gasteiger partial charge in [0, 0.05) is 34.7 Å². The number of carbonyl (C=O) groups is 2. The van der Waals surface area contributed by atoms with E-state index in [0.717, 1.165) is 10.9 Å². The van der Waals surface area contributed by atoms with Crippen LogP contribution in [0, 0.1) is 0 Å². The molecule has 2 aromatic heterocycles. The van der Waals surface area contributed by atoms with E-state index < -0.39 is 33.5 Å². The Kier molecular flexibility index (Phi) is 8.05. The van der Waals surface area contributed by atoms with E-state index >= 15 is 0 Å². The Balaban J connectivity index is 1.95. The summed E-state index contributed by atoms with van der Waals surface area (Å²) in [7, 11) is -3.80. The Bertz CT molecular complexity index is 1780. The summed E-state index contributed by atoms with van der Waals surface area (Å²) < 4.78 is 32.8. The number of Topliss-reactive ketones (excluding diaryl/α,β-unsaturated/α-hetero) is 1. The summed E-state index contributed by atoms with van der Waals surface area (Å²) in [5.74, 6) is -0.950. The van der Waals surface area contributed by atoms with E-state index in [9.17, 15) is 22.8 Å². The molecular formula is C29H30ClN3O6S. The summed E-state index contributed by atoms with van der Waals surface area (Å²) in [4.78, 5) is 39.8. The second kappa shape index (κ2) is 11.0. The van der Waals surface area contributed by atoms with Gasteiger partial charge in [-0.15, -0.1) is 0 Å². The van der Waals surface area contributed by atoms with E-state index in [4.69, 9.17) is 16.3 Å². The van der Waals surface area contributed by atoms with Crippen molar-refractivity contribution in [2.75, 3.05) is 6.26 Å². The zero-order valence-electron chi connectivity index (χ0n) is 22.9.